The molecule has 1 atom stereocenters. The number of para-hydroxylation sites is 1. The van der Waals surface area contributed by atoms with Gasteiger partial charge in [-0.05, 0) is 38.5 Å². The summed E-state index contributed by atoms with van der Waals surface area (Å²) in [4.78, 5) is 39.2. The minimum absolute atomic E-state index is 0.0165. The maximum atomic E-state index is 12.6. The lowest BCUT2D eigenvalue weighted by molar-refractivity contribution is -0.146. The molecule has 1 N–H and O–H groups in total. The first kappa shape index (κ1) is 20.2. The van der Waals surface area contributed by atoms with Crippen LogP contribution >= 0.6 is 0 Å². The summed E-state index contributed by atoms with van der Waals surface area (Å²) in [6.45, 7) is 4.96. The number of ketones is 1. The van der Waals surface area contributed by atoms with Crippen molar-refractivity contribution in [2.45, 2.75) is 33.3 Å². The summed E-state index contributed by atoms with van der Waals surface area (Å²) in [5.41, 5.74) is 1.54. The largest absolute Gasteiger partial charge is 0.493 e. The number of methoxy groups -OCH3 is 1. The van der Waals surface area contributed by atoms with Crippen LogP contribution in [0.5, 0.6) is 5.75 Å². The summed E-state index contributed by atoms with van der Waals surface area (Å²) in [6.07, 6.45) is -0.973. The molecular formula is C20H23NO6. The molecule has 1 aromatic heterocycles. The summed E-state index contributed by atoms with van der Waals surface area (Å²) in [5.74, 6) is -0.825. The molecule has 0 amide bonds. The predicted octanol–water partition coefficient (Wildman–Crippen LogP) is 3.00. The molecule has 0 aliphatic rings. The van der Waals surface area contributed by atoms with Crippen LogP contribution in [0.1, 0.15) is 45.4 Å². The Morgan fingerprint density at radius 1 is 1.11 bits per heavy atom. The number of Topliss-reactive ketones (excluding diaryl/α,β-unsaturated/α-hetero) is 1. The van der Waals surface area contributed by atoms with Gasteiger partial charge in [0.1, 0.15) is 5.75 Å². The normalized spacial score (nSPS) is 11.6. The Morgan fingerprint density at radius 2 is 1.78 bits per heavy atom. The number of hydrogen-bond donors (Lipinski definition) is 1. The zero-order chi connectivity index (χ0) is 20.0. The van der Waals surface area contributed by atoms with Crippen LogP contribution in [0.25, 0.3) is 0 Å². The Bertz CT molecular complexity index is 824. The van der Waals surface area contributed by atoms with Crippen molar-refractivity contribution in [1.82, 2.24) is 4.98 Å². The summed E-state index contributed by atoms with van der Waals surface area (Å²) in [5, 5.41) is 0. The van der Waals surface area contributed by atoms with E-state index in [0.29, 0.717) is 22.6 Å². The molecule has 0 radical (unpaired) electrons. The van der Waals surface area contributed by atoms with Crippen molar-refractivity contribution in [3.8, 4) is 5.75 Å². The Kier molecular flexibility index (Phi) is 6.76. The van der Waals surface area contributed by atoms with Gasteiger partial charge in [0.25, 0.3) is 0 Å². The zero-order valence-electron chi connectivity index (χ0n) is 15.8. The van der Waals surface area contributed by atoms with E-state index in [1.165, 1.54) is 14.0 Å². The number of aromatic amines is 1. The first-order valence-corrected chi connectivity index (χ1v) is 8.54. The monoisotopic (exact) mass is 373 g/mol. The van der Waals surface area contributed by atoms with Crippen LogP contribution < -0.4 is 4.74 Å². The van der Waals surface area contributed by atoms with Gasteiger partial charge in [-0.25, -0.2) is 4.79 Å². The van der Waals surface area contributed by atoms with E-state index < -0.39 is 23.8 Å². The topological polar surface area (TPSA) is 94.7 Å². The Labute approximate surface area is 157 Å². The lowest BCUT2D eigenvalue weighted by Gasteiger charge is -2.12. The van der Waals surface area contributed by atoms with Crippen LogP contribution in [-0.2, 0) is 14.3 Å². The molecule has 1 heterocycles. The minimum atomic E-state index is -0.989. The number of H-pyrrole nitrogens is 1. The molecular weight excluding hydrogens is 350 g/mol. The van der Waals surface area contributed by atoms with E-state index >= 15 is 0 Å². The van der Waals surface area contributed by atoms with Gasteiger partial charge < -0.3 is 19.2 Å². The number of hydrogen-bond acceptors (Lipinski definition) is 6. The molecule has 7 nitrogen and oxygen atoms in total. The van der Waals surface area contributed by atoms with E-state index in [1.807, 2.05) is 18.2 Å². The average molecular weight is 373 g/mol. The first-order valence-electron chi connectivity index (χ1n) is 8.54. The highest BCUT2D eigenvalue weighted by Gasteiger charge is 2.27. The second-order valence-corrected chi connectivity index (χ2v) is 6.02. The Morgan fingerprint density at radius 3 is 2.41 bits per heavy atom. The Hall–Kier alpha value is -3.09. The van der Waals surface area contributed by atoms with E-state index in [0.717, 1.165) is 0 Å². The second-order valence-electron chi connectivity index (χ2n) is 6.02. The predicted molar refractivity (Wildman–Crippen MR) is 98.0 cm³/mol. The molecule has 0 saturated carbocycles. The van der Waals surface area contributed by atoms with Gasteiger partial charge in [-0.1, -0.05) is 18.2 Å². The van der Waals surface area contributed by atoms with Crippen molar-refractivity contribution in [3.63, 3.8) is 0 Å². The van der Waals surface area contributed by atoms with Gasteiger partial charge in [0.15, 0.2) is 6.10 Å². The number of benzene rings is 1. The van der Waals surface area contributed by atoms with Crippen molar-refractivity contribution in [1.29, 1.82) is 0 Å². The first-order chi connectivity index (χ1) is 12.8. The third-order valence-corrected chi connectivity index (χ3v) is 4.07. The summed E-state index contributed by atoms with van der Waals surface area (Å²) < 4.78 is 15.4. The van der Waals surface area contributed by atoms with E-state index in [9.17, 15) is 14.4 Å². The van der Waals surface area contributed by atoms with Crippen LogP contribution in [0, 0.1) is 13.8 Å². The summed E-state index contributed by atoms with van der Waals surface area (Å²) in [6, 6.07) is 9.10. The van der Waals surface area contributed by atoms with Gasteiger partial charge in [-0.3, -0.25) is 9.59 Å². The van der Waals surface area contributed by atoms with Crippen molar-refractivity contribution < 1.29 is 28.6 Å². The van der Waals surface area contributed by atoms with Gasteiger partial charge >= 0.3 is 11.9 Å². The van der Waals surface area contributed by atoms with Crippen LogP contribution in [0.4, 0.5) is 0 Å². The molecule has 2 rings (SSSR count). The highest BCUT2D eigenvalue weighted by molar-refractivity contribution is 6.03. The van der Waals surface area contributed by atoms with Crippen molar-refractivity contribution in [2.75, 3.05) is 13.7 Å². The second kappa shape index (κ2) is 9.02. The Balaban J connectivity index is 1.93. The van der Waals surface area contributed by atoms with Gasteiger partial charge in [-0.15, -0.1) is 0 Å². The molecule has 0 bridgehead atoms. The third kappa shape index (κ3) is 4.97. The van der Waals surface area contributed by atoms with E-state index in [2.05, 4.69) is 4.98 Å². The van der Waals surface area contributed by atoms with Crippen molar-refractivity contribution in [2.24, 2.45) is 0 Å². The number of nitrogens with one attached hydrogen (secondary N) is 1. The SMILES string of the molecule is COC(=O)c1c(C)[nH]c(C(=O)[C@H](C)OC(=O)CCOc2ccccc2)c1C. The molecule has 1 aromatic carbocycles. The van der Waals surface area contributed by atoms with Crippen molar-refractivity contribution >= 4 is 17.7 Å². The van der Waals surface area contributed by atoms with Gasteiger partial charge in [0.05, 0.1) is 31.4 Å². The number of rotatable bonds is 8. The number of carbonyl (C=O) groups excluding carboxylic acids is 3. The maximum Gasteiger partial charge on any atom is 0.339 e. The van der Waals surface area contributed by atoms with Gasteiger partial charge in [0.2, 0.25) is 5.78 Å². The summed E-state index contributed by atoms with van der Waals surface area (Å²) in [7, 11) is 1.28. The molecule has 0 saturated heterocycles. The molecule has 0 aliphatic carbocycles. The van der Waals surface area contributed by atoms with Crippen LogP contribution in [0.2, 0.25) is 0 Å². The van der Waals surface area contributed by atoms with Gasteiger partial charge in [-0.2, -0.15) is 0 Å². The molecule has 0 unspecified atom stereocenters. The van der Waals surface area contributed by atoms with Crippen LogP contribution in [-0.4, -0.2) is 42.5 Å². The van der Waals surface area contributed by atoms with E-state index in [1.54, 1.807) is 26.0 Å². The number of carbonyl (C=O) groups is 3. The lowest BCUT2D eigenvalue weighted by atomic mass is 10.1. The van der Waals surface area contributed by atoms with Crippen LogP contribution in [0.3, 0.4) is 0 Å². The quantitative estimate of drug-likeness (QED) is 0.565. The highest BCUT2D eigenvalue weighted by atomic mass is 16.5. The molecule has 27 heavy (non-hydrogen) atoms. The fraction of sp³-hybridized carbons (Fsp3) is 0.350. The molecule has 2 aromatic rings. The number of aromatic nitrogens is 1. The summed E-state index contributed by atoms with van der Waals surface area (Å²) >= 11 is 0. The van der Waals surface area contributed by atoms with Crippen molar-refractivity contribution in [3.05, 3.63) is 52.8 Å². The lowest BCUT2D eigenvalue weighted by Crippen LogP contribution is -2.26. The number of ether oxygens (including phenoxy) is 3. The number of aryl methyl sites for hydroxylation is 1. The number of esters is 2. The smallest absolute Gasteiger partial charge is 0.339 e. The standard InChI is InChI=1S/C20H23NO6/c1-12-17(20(24)25-4)13(2)21-18(12)19(23)14(3)27-16(22)10-11-26-15-8-6-5-7-9-15/h5-9,14,21H,10-11H2,1-4H3/t14-/m0/s1. The fourth-order valence-electron chi connectivity index (χ4n) is 2.69. The fourth-order valence-corrected chi connectivity index (χ4v) is 2.69. The molecule has 0 aliphatic heterocycles. The zero-order valence-corrected chi connectivity index (χ0v) is 15.8. The molecule has 0 fully saturated rings. The van der Waals surface area contributed by atoms with Crippen LogP contribution in [0.15, 0.2) is 30.3 Å². The van der Waals surface area contributed by atoms with Gasteiger partial charge in [0, 0.05) is 5.69 Å². The molecule has 144 valence electrons. The minimum Gasteiger partial charge on any atom is -0.493 e. The third-order valence-electron chi connectivity index (χ3n) is 4.07. The highest BCUT2D eigenvalue weighted by Crippen LogP contribution is 2.21. The van der Waals surface area contributed by atoms with E-state index in [-0.39, 0.29) is 18.7 Å². The molecule has 7 heteroatoms. The maximum absolute atomic E-state index is 12.6. The average Bonchev–Trinajstić information content (AvgIpc) is 2.95. The molecule has 0 spiro atoms. The van der Waals surface area contributed by atoms with E-state index in [4.69, 9.17) is 14.2 Å².